The molecule has 1 atom stereocenters. The first-order valence-corrected chi connectivity index (χ1v) is 5.65. The predicted molar refractivity (Wildman–Crippen MR) is 62.9 cm³/mol. The van der Waals surface area contributed by atoms with Crippen LogP contribution in [0.2, 0.25) is 0 Å². The Hall–Kier alpha value is -1.29. The summed E-state index contributed by atoms with van der Waals surface area (Å²) in [6.45, 7) is 1.98. The van der Waals surface area contributed by atoms with Gasteiger partial charge in [-0.05, 0) is 31.0 Å². The van der Waals surface area contributed by atoms with Crippen LogP contribution in [-0.4, -0.2) is 25.1 Å². The molecule has 0 bridgehead atoms. The van der Waals surface area contributed by atoms with Crippen LogP contribution in [0.5, 0.6) is 5.75 Å². The van der Waals surface area contributed by atoms with Crippen LogP contribution in [-0.2, 0) is 16.0 Å². The highest BCUT2D eigenvalue weighted by atomic mass is 35.5. The van der Waals surface area contributed by atoms with E-state index in [-0.39, 0.29) is 18.8 Å². The number of carbonyl (C=O) groups is 1. The summed E-state index contributed by atoms with van der Waals surface area (Å²) in [6.07, 6.45) is 0.224. The molecule has 1 aromatic carbocycles. The minimum Gasteiger partial charge on any atom is -0.494 e. The molecule has 5 heteroatoms. The monoisotopic (exact) mass is 260 g/mol. The molecule has 0 heterocycles. The Bertz CT molecular complexity index is 395. The Morgan fingerprint density at radius 3 is 2.76 bits per heavy atom. The first-order chi connectivity index (χ1) is 8.08. The quantitative estimate of drug-likeness (QED) is 0.603. The highest BCUT2D eigenvalue weighted by molar-refractivity contribution is 6.30. The first-order valence-electron chi connectivity index (χ1n) is 5.21. The SMILES string of the molecule is CCOC(=O)C(Cl)Cc1ccc(OC)c(F)c1. The van der Waals surface area contributed by atoms with Gasteiger partial charge in [0.1, 0.15) is 5.38 Å². The number of alkyl halides is 1. The van der Waals surface area contributed by atoms with Crippen LogP contribution in [0.3, 0.4) is 0 Å². The first kappa shape index (κ1) is 13.8. The zero-order valence-electron chi connectivity index (χ0n) is 9.70. The van der Waals surface area contributed by atoms with Crippen molar-refractivity contribution in [3.63, 3.8) is 0 Å². The maximum atomic E-state index is 13.4. The van der Waals surface area contributed by atoms with Crippen LogP contribution in [0.15, 0.2) is 18.2 Å². The molecular weight excluding hydrogens is 247 g/mol. The number of hydrogen-bond acceptors (Lipinski definition) is 3. The molecule has 0 N–H and O–H groups in total. The van der Waals surface area contributed by atoms with E-state index in [1.807, 2.05) is 0 Å². The average Bonchev–Trinajstić information content (AvgIpc) is 2.29. The van der Waals surface area contributed by atoms with Gasteiger partial charge in [-0.15, -0.1) is 11.6 Å². The number of carbonyl (C=O) groups excluding carboxylic acids is 1. The second kappa shape index (κ2) is 6.45. The lowest BCUT2D eigenvalue weighted by Gasteiger charge is -2.09. The number of benzene rings is 1. The van der Waals surface area contributed by atoms with E-state index in [1.165, 1.54) is 19.2 Å². The van der Waals surface area contributed by atoms with Crippen molar-refractivity contribution in [1.82, 2.24) is 0 Å². The van der Waals surface area contributed by atoms with Crippen molar-refractivity contribution >= 4 is 17.6 Å². The molecular formula is C12H14ClFO3. The maximum Gasteiger partial charge on any atom is 0.324 e. The molecule has 0 radical (unpaired) electrons. The van der Waals surface area contributed by atoms with Gasteiger partial charge in [0.05, 0.1) is 13.7 Å². The molecule has 3 nitrogen and oxygen atoms in total. The summed E-state index contributed by atoms with van der Waals surface area (Å²) < 4.78 is 22.9. The molecule has 0 aliphatic carbocycles. The molecule has 0 fully saturated rings. The van der Waals surface area contributed by atoms with Crippen molar-refractivity contribution in [2.75, 3.05) is 13.7 Å². The molecule has 0 spiro atoms. The number of ether oxygens (including phenoxy) is 2. The number of rotatable bonds is 5. The van der Waals surface area contributed by atoms with Gasteiger partial charge >= 0.3 is 5.97 Å². The Kier molecular flexibility index (Phi) is 5.22. The summed E-state index contributed by atoms with van der Waals surface area (Å²) in [5.41, 5.74) is 0.622. The van der Waals surface area contributed by atoms with Crippen molar-refractivity contribution in [2.24, 2.45) is 0 Å². The molecule has 94 valence electrons. The van der Waals surface area contributed by atoms with Gasteiger partial charge in [-0.1, -0.05) is 6.07 Å². The van der Waals surface area contributed by atoms with Gasteiger partial charge in [-0.3, -0.25) is 4.79 Å². The fourth-order valence-corrected chi connectivity index (χ4v) is 1.60. The van der Waals surface area contributed by atoms with Gasteiger partial charge in [0.2, 0.25) is 0 Å². The van der Waals surface area contributed by atoms with Gasteiger partial charge in [-0.25, -0.2) is 4.39 Å². The van der Waals surface area contributed by atoms with Gasteiger partial charge in [0, 0.05) is 0 Å². The third kappa shape index (κ3) is 3.89. The standard InChI is InChI=1S/C12H14ClFO3/c1-3-17-12(15)9(13)6-8-4-5-11(16-2)10(14)7-8/h4-5,7,9H,3,6H2,1-2H3. The number of esters is 1. The highest BCUT2D eigenvalue weighted by Crippen LogP contribution is 2.19. The molecule has 0 aliphatic rings. The summed E-state index contributed by atoms with van der Waals surface area (Å²) >= 11 is 5.84. The molecule has 17 heavy (non-hydrogen) atoms. The molecule has 1 aromatic rings. The lowest BCUT2D eigenvalue weighted by atomic mass is 10.1. The summed E-state index contributed by atoms with van der Waals surface area (Å²) in [7, 11) is 1.39. The van der Waals surface area contributed by atoms with Crippen LogP contribution < -0.4 is 4.74 Å². The van der Waals surface area contributed by atoms with E-state index in [0.29, 0.717) is 5.56 Å². The van der Waals surface area contributed by atoms with Gasteiger partial charge in [0.15, 0.2) is 11.6 Å². The second-order valence-corrected chi connectivity index (χ2v) is 3.92. The zero-order chi connectivity index (χ0) is 12.8. The topological polar surface area (TPSA) is 35.5 Å². The second-order valence-electron chi connectivity index (χ2n) is 3.39. The van der Waals surface area contributed by atoms with Crippen LogP contribution in [0.4, 0.5) is 4.39 Å². The van der Waals surface area contributed by atoms with Crippen LogP contribution in [0.25, 0.3) is 0 Å². The zero-order valence-corrected chi connectivity index (χ0v) is 10.5. The molecule has 0 saturated carbocycles. The average molecular weight is 261 g/mol. The number of methoxy groups -OCH3 is 1. The van der Waals surface area contributed by atoms with Gasteiger partial charge < -0.3 is 9.47 Å². The molecule has 0 saturated heterocycles. The van der Waals surface area contributed by atoms with Gasteiger partial charge in [0.25, 0.3) is 0 Å². The van der Waals surface area contributed by atoms with E-state index < -0.39 is 17.2 Å². The minimum absolute atomic E-state index is 0.163. The molecule has 0 aromatic heterocycles. The smallest absolute Gasteiger partial charge is 0.324 e. The maximum absolute atomic E-state index is 13.4. The predicted octanol–water partition coefficient (Wildman–Crippen LogP) is 2.55. The number of hydrogen-bond donors (Lipinski definition) is 0. The van der Waals surface area contributed by atoms with Crippen molar-refractivity contribution in [3.8, 4) is 5.75 Å². The van der Waals surface area contributed by atoms with E-state index in [1.54, 1.807) is 13.0 Å². The number of halogens is 2. The van der Waals surface area contributed by atoms with Crippen LogP contribution in [0, 0.1) is 5.82 Å². The molecule has 0 aliphatic heterocycles. The molecule has 1 rings (SSSR count). The van der Waals surface area contributed by atoms with E-state index >= 15 is 0 Å². The molecule has 0 amide bonds. The molecule has 1 unspecified atom stereocenters. The van der Waals surface area contributed by atoms with Gasteiger partial charge in [-0.2, -0.15) is 0 Å². The van der Waals surface area contributed by atoms with E-state index in [9.17, 15) is 9.18 Å². The van der Waals surface area contributed by atoms with E-state index in [2.05, 4.69) is 0 Å². The fraction of sp³-hybridized carbons (Fsp3) is 0.417. The summed E-state index contributed by atoms with van der Waals surface area (Å²) in [5.74, 6) is -0.806. The van der Waals surface area contributed by atoms with Crippen molar-refractivity contribution in [2.45, 2.75) is 18.7 Å². The summed E-state index contributed by atoms with van der Waals surface area (Å²) in [5, 5.41) is -0.803. The van der Waals surface area contributed by atoms with Crippen molar-refractivity contribution in [3.05, 3.63) is 29.6 Å². The minimum atomic E-state index is -0.803. The fourth-order valence-electron chi connectivity index (χ4n) is 1.36. The van der Waals surface area contributed by atoms with Crippen LogP contribution in [0.1, 0.15) is 12.5 Å². The Morgan fingerprint density at radius 2 is 2.24 bits per heavy atom. The summed E-state index contributed by atoms with van der Waals surface area (Å²) in [4.78, 5) is 11.3. The Labute approximate surface area is 104 Å². The Morgan fingerprint density at radius 1 is 1.53 bits per heavy atom. The van der Waals surface area contributed by atoms with Crippen molar-refractivity contribution < 1.29 is 18.7 Å². The largest absolute Gasteiger partial charge is 0.494 e. The summed E-state index contributed by atoms with van der Waals surface area (Å²) in [6, 6.07) is 4.46. The van der Waals surface area contributed by atoms with Crippen LogP contribution >= 0.6 is 11.6 Å². The lowest BCUT2D eigenvalue weighted by Crippen LogP contribution is -2.20. The van der Waals surface area contributed by atoms with E-state index in [0.717, 1.165) is 0 Å². The third-order valence-electron chi connectivity index (χ3n) is 2.17. The van der Waals surface area contributed by atoms with Crippen molar-refractivity contribution in [1.29, 1.82) is 0 Å². The highest BCUT2D eigenvalue weighted by Gasteiger charge is 2.17. The Balaban J connectivity index is 2.68. The lowest BCUT2D eigenvalue weighted by molar-refractivity contribution is -0.142. The normalized spacial score (nSPS) is 12.0. The van der Waals surface area contributed by atoms with E-state index in [4.69, 9.17) is 21.1 Å². The third-order valence-corrected chi connectivity index (χ3v) is 2.51.